The van der Waals surface area contributed by atoms with Crippen LogP contribution in [-0.4, -0.2) is 17.4 Å². The van der Waals surface area contributed by atoms with Crippen LogP contribution in [0.1, 0.15) is 20.8 Å². The van der Waals surface area contributed by atoms with Crippen LogP contribution >= 0.6 is 23.2 Å². The summed E-state index contributed by atoms with van der Waals surface area (Å²) in [6, 6.07) is 5.08. The summed E-state index contributed by atoms with van der Waals surface area (Å²) in [4.78, 5) is 11.4. The Morgan fingerprint density at radius 1 is 1.35 bits per heavy atom. The Kier molecular flexibility index (Phi) is 5.09. The predicted octanol–water partition coefficient (Wildman–Crippen LogP) is 3.69. The lowest BCUT2D eigenvalue weighted by molar-refractivity contribution is -0.115. The maximum absolute atomic E-state index is 11.4. The van der Waals surface area contributed by atoms with Crippen LogP contribution in [0.4, 0.5) is 5.69 Å². The van der Waals surface area contributed by atoms with Crippen LogP contribution in [0.5, 0.6) is 5.75 Å². The van der Waals surface area contributed by atoms with Gasteiger partial charge in [0.25, 0.3) is 0 Å². The van der Waals surface area contributed by atoms with E-state index in [1.165, 1.54) is 0 Å². The molecule has 17 heavy (non-hydrogen) atoms. The number of nitrogens with one attached hydrogen (secondary N) is 1. The number of benzene rings is 1. The maximum atomic E-state index is 11.4. The molecule has 5 heteroatoms. The summed E-state index contributed by atoms with van der Waals surface area (Å²) in [5, 5.41) is 2.53. The number of hydrogen-bond donors (Lipinski definition) is 1. The Hall–Kier alpha value is -0.930. The second-order valence-corrected chi connectivity index (χ2v) is 4.98. The lowest BCUT2D eigenvalue weighted by Gasteiger charge is -2.13. The van der Waals surface area contributed by atoms with Gasteiger partial charge in [-0.25, -0.2) is 0 Å². The average molecular weight is 276 g/mol. The van der Waals surface area contributed by atoms with Crippen molar-refractivity contribution in [2.45, 2.75) is 32.3 Å². The second-order valence-electron chi connectivity index (χ2n) is 3.92. The zero-order valence-electron chi connectivity index (χ0n) is 9.96. The van der Waals surface area contributed by atoms with Crippen LogP contribution in [0.2, 0.25) is 5.02 Å². The smallest absolute Gasteiger partial charge is 0.242 e. The zero-order chi connectivity index (χ0) is 13.0. The van der Waals surface area contributed by atoms with Gasteiger partial charge in [-0.1, -0.05) is 11.6 Å². The SMILES string of the molecule is CC(C)Oc1ccc(NC(=O)C(C)Cl)cc1Cl. The van der Waals surface area contributed by atoms with Crippen LogP contribution in [0.25, 0.3) is 0 Å². The van der Waals surface area contributed by atoms with Crippen molar-refractivity contribution >= 4 is 34.8 Å². The molecule has 0 fully saturated rings. The summed E-state index contributed by atoms with van der Waals surface area (Å²) in [6.45, 7) is 5.44. The van der Waals surface area contributed by atoms with Gasteiger partial charge in [0.1, 0.15) is 11.1 Å². The van der Waals surface area contributed by atoms with E-state index in [-0.39, 0.29) is 12.0 Å². The van der Waals surface area contributed by atoms with E-state index in [1.807, 2.05) is 13.8 Å². The summed E-state index contributed by atoms with van der Waals surface area (Å²) in [5.41, 5.74) is 0.601. The topological polar surface area (TPSA) is 38.3 Å². The molecule has 1 unspecified atom stereocenters. The fourth-order valence-electron chi connectivity index (χ4n) is 1.17. The van der Waals surface area contributed by atoms with E-state index in [9.17, 15) is 4.79 Å². The van der Waals surface area contributed by atoms with Crippen molar-refractivity contribution in [3.8, 4) is 5.75 Å². The summed E-state index contributed by atoms with van der Waals surface area (Å²) < 4.78 is 5.48. The maximum Gasteiger partial charge on any atom is 0.242 e. The van der Waals surface area contributed by atoms with Crippen molar-refractivity contribution in [3.05, 3.63) is 23.2 Å². The molecule has 1 atom stereocenters. The van der Waals surface area contributed by atoms with Gasteiger partial charge in [-0.05, 0) is 39.0 Å². The van der Waals surface area contributed by atoms with Gasteiger partial charge in [0.15, 0.2) is 0 Å². The minimum absolute atomic E-state index is 0.0517. The van der Waals surface area contributed by atoms with E-state index in [0.29, 0.717) is 16.5 Å². The summed E-state index contributed by atoms with van der Waals surface area (Å²) >= 11 is 11.7. The predicted molar refractivity (Wildman–Crippen MR) is 71.2 cm³/mol. The van der Waals surface area contributed by atoms with Crippen molar-refractivity contribution in [3.63, 3.8) is 0 Å². The van der Waals surface area contributed by atoms with Gasteiger partial charge in [0.2, 0.25) is 5.91 Å². The van der Waals surface area contributed by atoms with Crippen LogP contribution in [-0.2, 0) is 4.79 Å². The first kappa shape index (κ1) is 14.1. The normalized spacial score (nSPS) is 12.4. The van der Waals surface area contributed by atoms with Gasteiger partial charge >= 0.3 is 0 Å². The fourth-order valence-corrected chi connectivity index (χ4v) is 1.45. The Bertz CT molecular complexity index is 405. The Balaban J connectivity index is 2.78. The quantitative estimate of drug-likeness (QED) is 0.852. The van der Waals surface area contributed by atoms with Gasteiger partial charge in [0.05, 0.1) is 11.1 Å². The standard InChI is InChI=1S/C12H15Cl2NO2/c1-7(2)17-11-5-4-9(6-10(11)14)15-12(16)8(3)13/h4-8H,1-3H3,(H,15,16). The largest absolute Gasteiger partial charge is 0.489 e. The minimum atomic E-state index is -0.583. The number of hydrogen-bond acceptors (Lipinski definition) is 2. The van der Waals surface area contributed by atoms with Gasteiger partial charge in [0, 0.05) is 5.69 Å². The number of halogens is 2. The van der Waals surface area contributed by atoms with Crippen molar-refractivity contribution < 1.29 is 9.53 Å². The molecule has 1 N–H and O–H groups in total. The van der Waals surface area contributed by atoms with Gasteiger partial charge in [-0.3, -0.25) is 4.79 Å². The first-order valence-electron chi connectivity index (χ1n) is 5.31. The highest BCUT2D eigenvalue weighted by molar-refractivity contribution is 6.33. The lowest BCUT2D eigenvalue weighted by Crippen LogP contribution is -2.20. The van der Waals surface area contributed by atoms with Gasteiger partial charge < -0.3 is 10.1 Å². The van der Waals surface area contributed by atoms with Crippen molar-refractivity contribution in [2.24, 2.45) is 0 Å². The molecule has 3 nitrogen and oxygen atoms in total. The van der Waals surface area contributed by atoms with Gasteiger partial charge in [-0.15, -0.1) is 11.6 Å². The summed E-state index contributed by atoms with van der Waals surface area (Å²) in [7, 11) is 0. The molecule has 0 bridgehead atoms. The van der Waals surface area contributed by atoms with Crippen molar-refractivity contribution in [2.75, 3.05) is 5.32 Å². The van der Waals surface area contributed by atoms with E-state index >= 15 is 0 Å². The lowest BCUT2D eigenvalue weighted by atomic mass is 10.3. The van der Waals surface area contributed by atoms with Crippen LogP contribution in [0.15, 0.2) is 18.2 Å². The van der Waals surface area contributed by atoms with E-state index < -0.39 is 5.38 Å². The molecule has 1 rings (SSSR count). The summed E-state index contributed by atoms with van der Waals surface area (Å²) in [6.07, 6.45) is 0.0517. The third kappa shape index (κ3) is 4.44. The molecule has 0 radical (unpaired) electrons. The molecular formula is C12H15Cl2NO2. The second kappa shape index (κ2) is 6.12. The number of rotatable bonds is 4. The van der Waals surface area contributed by atoms with Crippen LogP contribution in [0, 0.1) is 0 Å². The molecule has 1 amide bonds. The molecule has 0 spiro atoms. The monoisotopic (exact) mass is 275 g/mol. The molecule has 0 aromatic heterocycles. The minimum Gasteiger partial charge on any atom is -0.489 e. The van der Waals surface area contributed by atoms with Crippen LogP contribution in [0.3, 0.4) is 0 Å². The highest BCUT2D eigenvalue weighted by Crippen LogP contribution is 2.28. The van der Waals surface area contributed by atoms with E-state index in [0.717, 1.165) is 0 Å². The molecule has 0 aliphatic carbocycles. The number of alkyl halides is 1. The highest BCUT2D eigenvalue weighted by Gasteiger charge is 2.11. The zero-order valence-corrected chi connectivity index (χ0v) is 11.5. The number of carbonyl (C=O) groups is 1. The molecule has 0 saturated carbocycles. The third-order valence-corrected chi connectivity index (χ3v) is 2.42. The summed E-state index contributed by atoms with van der Waals surface area (Å²) in [5.74, 6) is 0.332. The molecule has 1 aromatic carbocycles. The molecule has 0 aliphatic rings. The first-order chi connectivity index (χ1) is 7.90. The van der Waals surface area contributed by atoms with Crippen molar-refractivity contribution in [1.82, 2.24) is 0 Å². The molecule has 0 heterocycles. The van der Waals surface area contributed by atoms with E-state index in [2.05, 4.69) is 5.32 Å². The van der Waals surface area contributed by atoms with E-state index in [4.69, 9.17) is 27.9 Å². The molecule has 0 aliphatic heterocycles. The average Bonchev–Trinajstić information content (AvgIpc) is 2.21. The van der Waals surface area contributed by atoms with Crippen molar-refractivity contribution in [1.29, 1.82) is 0 Å². The molecule has 1 aromatic rings. The number of carbonyl (C=O) groups excluding carboxylic acids is 1. The number of amides is 1. The third-order valence-electron chi connectivity index (χ3n) is 1.92. The number of anilines is 1. The first-order valence-corrected chi connectivity index (χ1v) is 6.12. The van der Waals surface area contributed by atoms with Gasteiger partial charge in [-0.2, -0.15) is 0 Å². The molecular weight excluding hydrogens is 261 g/mol. The Labute approximate surface area is 111 Å². The highest BCUT2D eigenvalue weighted by atomic mass is 35.5. The molecule has 94 valence electrons. The Morgan fingerprint density at radius 3 is 2.47 bits per heavy atom. The molecule has 0 saturated heterocycles. The Morgan fingerprint density at radius 2 is 2.00 bits per heavy atom. The van der Waals surface area contributed by atoms with E-state index in [1.54, 1.807) is 25.1 Å². The van der Waals surface area contributed by atoms with Crippen LogP contribution < -0.4 is 10.1 Å². The fraction of sp³-hybridized carbons (Fsp3) is 0.417. The number of ether oxygens (including phenoxy) is 1.